The number of hydrogen-bond donors (Lipinski definition) is 1. The van der Waals surface area contributed by atoms with Crippen LogP contribution in [0.2, 0.25) is 5.02 Å². The van der Waals surface area contributed by atoms with Crippen LogP contribution < -0.4 is 10.3 Å². The van der Waals surface area contributed by atoms with E-state index in [1.807, 2.05) is 50.4 Å². The Bertz CT molecular complexity index is 824. The quantitative estimate of drug-likeness (QED) is 0.755. The lowest BCUT2D eigenvalue weighted by Crippen LogP contribution is -2.18. The van der Waals surface area contributed by atoms with Gasteiger partial charge in [0.1, 0.15) is 4.88 Å². The monoisotopic (exact) mass is 317 g/mol. The van der Waals surface area contributed by atoms with E-state index in [2.05, 4.69) is 10.3 Å². The van der Waals surface area contributed by atoms with E-state index in [0.717, 1.165) is 21.2 Å². The van der Waals surface area contributed by atoms with Crippen LogP contribution in [0.25, 0.3) is 10.1 Å². The lowest BCUT2D eigenvalue weighted by molar-refractivity contribution is -0.361. The van der Waals surface area contributed by atoms with Crippen LogP contribution in [0.15, 0.2) is 36.5 Å². The van der Waals surface area contributed by atoms with Crippen LogP contribution in [-0.4, -0.2) is 5.91 Å². The molecule has 0 radical (unpaired) electrons. The van der Waals surface area contributed by atoms with Crippen LogP contribution >= 0.6 is 22.9 Å². The minimum atomic E-state index is -0.195. The van der Waals surface area contributed by atoms with Gasteiger partial charge in [0.05, 0.1) is 11.2 Å². The van der Waals surface area contributed by atoms with Gasteiger partial charge in [-0.3, -0.25) is 0 Å². The zero-order valence-corrected chi connectivity index (χ0v) is 13.2. The van der Waals surface area contributed by atoms with Gasteiger partial charge in [0, 0.05) is 16.2 Å². The first kappa shape index (κ1) is 14.0. The van der Waals surface area contributed by atoms with Gasteiger partial charge < -0.3 is 0 Å². The Labute approximate surface area is 131 Å². The number of rotatable bonds is 2. The zero-order chi connectivity index (χ0) is 15.0. The summed E-state index contributed by atoms with van der Waals surface area (Å²) >= 11 is 7.75. The second-order valence-corrected chi connectivity index (χ2v) is 6.41. The zero-order valence-electron chi connectivity index (χ0n) is 11.7. The van der Waals surface area contributed by atoms with E-state index in [1.54, 1.807) is 0 Å². The highest BCUT2D eigenvalue weighted by molar-refractivity contribution is 7.21. The van der Waals surface area contributed by atoms with Crippen LogP contribution in [0, 0.1) is 13.8 Å². The molecular weight excluding hydrogens is 304 g/mol. The van der Waals surface area contributed by atoms with Crippen LogP contribution in [0.5, 0.6) is 0 Å². The van der Waals surface area contributed by atoms with Gasteiger partial charge in [-0.05, 0) is 37.1 Å². The van der Waals surface area contributed by atoms with Crippen molar-refractivity contribution in [2.24, 2.45) is 0 Å². The molecule has 106 valence electrons. The fourth-order valence-corrected chi connectivity index (χ4v) is 3.59. The molecule has 1 aromatic carbocycles. The van der Waals surface area contributed by atoms with Crippen molar-refractivity contribution in [3.05, 3.63) is 57.6 Å². The molecule has 3 nitrogen and oxygen atoms in total. The number of pyridine rings is 1. The summed E-state index contributed by atoms with van der Waals surface area (Å²) in [6, 6.07) is 9.76. The van der Waals surface area contributed by atoms with Crippen molar-refractivity contribution in [2.75, 3.05) is 5.32 Å². The van der Waals surface area contributed by atoms with Crippen molar-refractivity contribution in [1.29, 1.82) is 0 Å². The van der Waals surface area contributed by atoms with Crippen LogP contribution in [0.3, 0.4) is 0 Å². The molecule has 1 amide bonds. The Morgan fingerprint density at radius 1 is 1.19 bits per heavy atom. The summed E-state index contributed by atoms with van der Waals surface area (Å²) in [5.41, 5.74) is 2.25. The van der Waals surface area contributed by atoms with Gasteiger partial charge in [-0.2, -0.15) is 0 Å². The molecule has 0 spiro atoms. The number of hydrogen-bond acceptors (Lipinski definition) is 2. The summed E-state index contributed by atoms with van der Waals surface area (Å²) < 4.78 is 1.03. The molecule has 2 aromatic heterocycles. The Kier molecular flexibility index (Phi) is 3.66. The normalized spacial score (nSPS) is 10.8. The lowest BCUT2D eigenvalue weighted by atomic mass is 10.2. The minimum Gasteiger partial charge on any atom is -0.247 e. The standard InChI is InChI=1S/C16H13ClN2OS/c1-9-3-5-11-12(7-9)21-15(14(11)17)16(20)19-13-6-4-10(2)8-18-13/h3-8H,1-2H3,(H,18,19,20)/p+1. The van der Waals surface area contributed by atoms with Crippen molar-refractivity contribution in [2.45, 2.75) is 13.8 Å². The summed E-state index contributed by atoms with van der Waals surface area (Å²) in [6.45, 7) is 4.00. The Hall–Kier alpha value is -1.91. The molecule has 0 fully saturated rings. The number of anilines is 1. The molecule has 0 unspecified atom stereocenters. The topological polar surface area (TPSA) is 43.2 Å². The summed E-state index contributed by atoms with van der Waals surface area (Å²) in [4.78, 5) is 15.9. The molecule has 0 aliphatic rings. The molecule has 0 atom stereocenters. The molecular formula is C16H14ClN2OS+. The molecule has 0 aliphatic carbocycles. The van der Waals surface area contributed by atoms with Crippen molar-refractivity contribution in [3.8, 4) is 0 Å². The van der Waals surface area contributed by atoms with E-state index in [1.165, 1.54) is 11.3 Å². The minimum absolute atomic E-state index is 0.195. The molecule has 2 N–H and O–H groups in total. The van der Waals surface area contributed by atoms with E-state index in [0.29, 0.717) is 15.7 Å². The maximum absolute atomic E-state index is 12.4. The third kappa shape index (κ3) is 2.77. The van der Waals surface area contributed by atoms with Gasteiger partial charge in [0.2, 0.25) is 0 Å². The SMILES string of the molecule is Cc1ccc(NC(=O)c2sc3cc(C)ccc3c2Cl)[nH+]c1. The maximum atomic E-state index is 12.4. The predicted molar refractivity (Wildman–Crippen MR) is 87.3 cm³/mol. The number of carbonyl (C=O) groups excluding carboxylic acids is 1. The number of carbonyl (C=O) groups is 1. The number of aromatic nitrogens is 1. The summed E-state index contributed by atoms with van der Waals surface area (Å²) in [7, 11) is 0. The molecule has 21 heavy (non-hydrogen) atoms. The van der Waals surface area contributed by atoms with Gasteiger partial charge in [-0.25, -0.2) is 15.1 Å². The molecule has 0 bridgehead atoms. The van der Waals surface area contributed by atoms with E-state index < -0.39 is 0 Å². The number of benzene rings is 1. The number of fused-ring (bicyclic) bond motifs is 1. The van der Waals surface area contributed by atoms with Crippen molar-refractivity contribution >= 4 is 44.7 Å². The lowest BCUT2D eigenvalue weighted by Gasteiger charge is -1.96. The number of aromatic amines is 1. The predicted octanol–water partition coefficient (Wildman–Crippen LogP) is 4.24. The summed E-state index contributed by atoms with van der Waals surface area (Å²) in [5.74, 6) is 0.453. The number of H-pyrrole nitrogens is 1. The van der Waals surface area contributed by atoms with Gasteiger partial charge in [-0.15, -0.1) is 11.3 Å². The van der Waals surface area contributed by atoms with Gasteiger partial charge >= 0.3 is 5.91 Å². The Morgan fingerprint density at radius 2 is 1.95 bits per heavy atom. The number of thiophene rings is 1. The van der Waals surface area contributed by atoms with Crippen molar-refractivity contribution < 1.29 is 9.78 Å². The molecule has 3 aromatic rings. The average Bonchev–Trinajstić information content (AvgIpc) is 2.78. The third-order valence-electron chi connectivity index (χ3n) is 3.21. The highest BCUT2D eigenvalue weighted by Crippen LogP contribution is 2.36. The van der Waals surface area contributed by atoms with E-state index in [-0.39, 0.29) is 5.91 Å². The fraction of sp³-hybridized carbons (Fsp3) is 0.125. The van der Waals surface area contributed by atoms with Gasteiger partial charge in [0.25, 0.3) is 5.82 Å². The number of halogens is 1. The smallest absolute Gasteiger partial charge is 0.247 e. The van der Waals surface area contributed by atoms with Crippen LogP contribution in [0.1, 0.15) is 20.8 Å². The molecule has 0 saturated heterocycles. The van der Waals surface area contributed by atoms with Crippen LogP contribution in [0.4, 0.5) is 5.82 Å². The summed E-state index contributed by atoms with van der Waals surface area (Å²) in [6.07, 6.45) is 1.84. The van der Waals surface area contributed by atoms with Crippen LogP contribution in [-0.2, 0) is 0 Å². The van der Waals surface area contributed by atoms with E-state index >= 15 is 0 Å². The first-order valence-corrected chi connectivity index (χ1v) is 7.72. The molecule has 5 heteroatoms. The third-order valence-corrected chi connectivity index (χ3v) is 4.86. The Morgan fingerprint density at radius 3 is 2.67 bits per heavy atom. The van der Waals surface area contributed by atoms with Gasteiger partial charge in [0.15, 0.2) is 0 Å². The van der Waals surface area contributed by atoms with E-state index in [9.17, 15) is 4.79 Å². The maximum Gasteiger partial charge on any atom is 0.350 e. The van der Waals surface area contributed by atoms with Crippen molar-refractivity contribution in [3.63, 3.8) is 0 Å². The number of nitrogens with one attached hydrogen (secondary N) is 2. The second-order valence-electron chi connectivity index (χ2n) is 4.98. The first-order chi connectivity index (χ1) is 10.0. The molecule has 3 rings (SSSR count). The number of aryl methyl sites for hydroxylation is 2. The average molecular weight is 318 g/mol. The number of amides is 1. The molecule has 2 heterocycles. The largest absolute Gasteiger partial charge is 0.350 e. The molecule has 0 aliphatic heterocycles. The highest BCUT2D eigenvalue weighted by atomic mass is 35.5. The Balaban J connectivity index is 1.94. The second kappa shape index (κ2) is 5.47. The summed E-state index contributed by atoms with van der Waals surface area (Å²) in [5, 5.41) is 4.27. The first-order valence-electron chi connectivity index (χ1n) is 6.53. The van der Waals surface area contributed by atoms with Gasteiger partial charge in [-0.1, -0.05) is 23.7 Å². The van der Waals surface area contributed by atoms with Crippen molar-refractivity contribution in [1.82, 2.24) is 0 Å². The highest BCUT2D eigenvalue weighted by Gasteiger charge is 2.21. The fourth-order valence-electron chi connectivity index (χ4n) is 2.08. The van der Waals surface area contributed by atoms with E-state index in [4.69, 9.17) is 11.6 Å². The molecule has 0 saturated carbocycles.